The van der Waals surface area contributed by atoms with Crippen LogP contribution in [0.5, 0.6) is 5.75 Å². The molecule has 0 aliphatic carbocycles. The second-order valence-corrected chi connectivity index (χ2v) is 5.58. The van der Waals surface area contributed by atoms with Crippen LogP contribution in [0.3, 0.4) is 0 Å². The highest BCUT2D eigenvalue weighted by Gasteiger charge is 2.16. The van der Waals surface area contributed by atoms with Gasteiger partial charge in [-0.3, -0.25) is 4.79 Å². The minimum atomic E-state index is -2.92. The number of fused-ring (bicyclic) bond motifs is 1. The van der Waals surface area contributed by atoms with Gasteiger partial charge in [-0.05, 0) is 31.0 Å². The molecule has 0 fully saturated rings. The number of benzene rings is 1. The minimum Gasteiger partial charge on any atom is -0.435 e. The molecule has 24 heavy (non-hydrogen) atoms. The lowest BCUT2D eigenvalue weighted by Gasteiger charge is -2.09. The number of halogens is 2. The van der Waals surface area contributed by atoms with Crippen LogP contribution in [-0.2, 0) is 19.5 Å². The predicted molar refractivity (Wildman–Crippen MR) is 81.8 cm³/mol. The van der Waals surface area contributed by atoms with Gasteiger partial charge in [0, 0.05) is 18.5 Å². The van der Waals surface area contributed by atoms with Crippen molar-refractivity contribution < 1.29 is 18.3 Å². The summed E-state index contributed by atoms with van der Waals surface area (Å²) in [5.74, 6) is 1.24. The Morgan fingerprint density at radius 1 is 1.29 bits per heavy atom. The molecule has 2 heterocycles. The van der Waals surface area contributed by atoms with Gasteiger partial charge in [-0.15, -0.1) is 10.2 Å². The molecule has 1 aliphatic rings. The number of ether oxygens (including phenoxy) is 1. The van der Waals surface area contributed by atoms with Crippen LogP contribution in [0.15, 0.2) is 24.3 Å². The second-order valence-electron chi connectivity index (χ2n) is 5.58. The summed E-state index contributed by atoms with van der Waals surface area (Å²) < 4.78 is 30.8. The summed E-state index contributed by atoms with van der Waals surface area (Å²) in [6.45, 7) is -1.83. The summed E-state index contributed by atoms with van der Waals surface area (Å²) in [6.07, 6.45) is 4.22. The van der Waals surface area contributed by atoms with Gasteiger partial charge in [0.2, 0.25) is 0 Å². The number of nitrogens with one attached hydrogen (secondary N) is 1. The van der Waals surface area contributed by atoms with Gasteiger partial charge in [0.1, 0.15) is 11.6 Å². The summed E-state index contributed by atoms with van der Waals surface area (Å²) in [5, 5.41) is 11.1. The van der Waals surface area contributed by atoms with Gasteiger partial charge in [0.05, 0.1) is 6.54 Å². The van der Waals surface area contributed by atoms with Crippen molar-refractivity contribution in [3.05, 3.63) is 41.5 Å². The highest BCUT2D eigenvalue weighted by Crippen LogP contribution is 2.17. The molecule has 1 N–H and O–H groups in total. The van der Waals surface area contributed by atoms with E-state index in [1.165, 1.54) is 24.3 Å². The normalized spacial score (nSPS) is 14.1. The van der Waals surface area contributed by atoms with E-state index >= 15 is 0 Å². The number of amides is 1. The number of aromatic nitrogens is 3. The van der Waals surface area contributed by atoms with E-state index in [1.807, 2.05) is 4.57 Å². The zero-order valence-electron chi connectivity index (χ0n) is 13.0. The lowest BCUT2D eigenvalue weighted by molar-refractivity contribution is -0.0498. The third-order valence-corrected chi connectivity index (χ3v) is 3.91. The molecule has 2 aromatic rings. The molecular formula is C16H18F2N4O2. The van der Waals surface area contributed by atoms with Crippen LogP contribution < -0.4 is 10.1 Å². The fourth-order valence-electron chi connectivity index (χ4n) is 2.75. The first-order valence-electron chi connectivity index (χ1n) is 7.87. The Hall–Kier alpha value is -2.51. The van der Waals surface area contributed by atoms with E-state index in [-0.39, 0.29) is 23.8 Å². The van der Waals surface area contributed by atoms with Gasteiger partial charge in [0.25, 0.3) is 5.91 Å². The minimum absolute atomic E-state index is 0.0472. The fourth-order valence-corrected chi connectivity index (χ4v) is 2.75. The molecule has 0 unspecified atom stereocenters. The number of rotatable bonds is 5. The molecule has 6 nitrogen and oxygen atoms in total. The standard InChI is InChI=1S/C16H18F2N4O2/c17-16(18)24-12-6-4-5-11(9-12)15(23)19-10-14-21-20-13-7-2-1-3-8-22(13)14/h4-6,9,16H,1-3,7-8,10H2,(H,19,23). The smallest absolute Gasteiger partial charge is 0.387 e. The van der Waals surface area contributed by atoms with Crippen LogP contribution in [0.4, 0.5) is 8.78 Å². The summed E-state index contributed by atoms with van der Waals surface area (Å²) in [4.78, 5) is 12.2. The van der Waals surface area contributed by atoms with E-state index < -0.39 is 6.61 Å². The molecule has 1 aromatic carbocycles. The van der Waals surface area contributed by atoms with E-state index in [0.29, 0.717) is 5.82 Å². The molecular weight excluding hydrogens is 318 g/mol. The van der Waals surface area contributed by atoms with Crippen LogP contribution in [0, 0.1) is 0 Å². The predicted octanol–water partition coefficient (Wildman–Crippen LogP) is 2.54. The summed E-state index contributed by atoms with van der Waals surface area (Å²) in [6, 6.07) is 5.70. The molecule has 0 saturated carbocycles. The van der Waals surface area contributed by atoms with Gasteiger partial charge in [-0.25, -0.2) is 0 Å². The molecule has 1 aliphatic heterocycles. The zero-order valence-corrected chi connectivity index (χ0v) is 13.0. The number of hydrogen-bond donors (Lipinski definition) is 1. The number of aryl methyl sites for hydroxylation is 1. The summed E-state index contributed by atoms with van der Waals surface area (Å²) in [5.41, 5.74) is 0.253. The van der Waals surface area contributed by atoms with Crippen LogP contribution in [0.25, 0.3) is 0 Å². The first-order valence-corrected chi connectivity index (χ1v) is 7.87. The van der Waals surface area contributed by atoms with Crippen molar-refractivity contribution in [3.63, 3.8) is 0 Å². The molecule has 0 atom stereocenters. The summed E-state index contributed by atoms with van der Waals surface area (Å²) >= 11 is 0. The molecule has 1 aromatic heterocycles. The Morgan fingerprint density at radius 3 is 3.00 bits per heavy atom. The molecule has 3 rings (SSSR count). The highest BCUT2D eigenvalue weighted by molar-refractivity contribution is 5.94. The van der Waals surface area contributed by atoms with Crippen LogP contribution >= 0.6 is 0 Å². The van der Waals surface area contributed by atoms with Crippen molar-refractivity contribution in [2.75, 3.05) is 0 Å². The number of carbonyl (C=O) groups is 1. The molecule has 0 spiro atoms. The Labute approximate surface area is 137 Å². The first kappa shape index (κ1) is 16.4. The maximum absolute atomic E-state index is 12.2. The summed E-state index contributed by atoms with van der Waals surface area (Å²) in [7, 11) is 0. The maximum atomic E-state index is 12.2. The van der Waals surface area contributed by atoms with Crippen molar-refractivity contribution in [1.82, 2.24) is 20.1 Å². The lowest BCUT2D eigenvalue weighted by Crippen LogP contribution is -2.25. The van der Waals surface area contributed by atoms with Crippen LogP contribution in [0.2, 0.25) is 0 Å². The molecule has 0 radical (unpaired) electrons. The van der Waals surface area contributed by atoms with Crippen molar-refractivity contribution in [2.24, 2.45) is 0 Å². The Bertz CT molecular complexity index is 718. The van der Waals surface area contributed by atoms with Gasteiger partial charge >= 0.3 is 6.61 Å². The van der Waals surface area contributed by atoms with Crippen LogP contribution in [0.1, 0.15) is 41.3 Å². The molecule has 8 heteroatoms. The Morgan fingerprint density at radius 2 is 2.17 bits per heavy atom. The van der Waals surface area contributed by atoms with Gasteiger partial charge < -0.3 is 14.6 Å². The average molecular weight is 336 g/mol. The largest absolute Gasteiger partial charge is 0.435 e. The molecule has 0 bridgehead atoms. The third kappa shape index (κ3) is 3.87. The van der Waals surface area contributed by atoms with Gasteiger partial charge in [-0.1, -0.05) is 12.5 Å². The lowest BCUT2D eigenvalue weighted by atomic mass is 10.2. The number of nitrogens with zero attached hydrogens (tertiary/aromatic N) is 3. The Kier molecular flexibility index (Phi) is 5.02. The Balaban J connectivity index is 1.65. The van der Waals surface area contributed by atoms with Crippen molar-refractivity contribution in [3.8, 4) is 5.75 Å². The van der Waals surface area contributed by atoms with Crippen molar-refractivity contribution in [2.45, 2.75) is 45.4 Å². The highest BCUT2D eigenvalue weighted by atomic mass is 19.3. The van der Waals surface area contributed by atoms with E-state index in [1.54, 1.807) is 0 Å². The number of alkyl halides is 2. The number of hydrogen-bond acceptors (Lipinski definition) is 4. The third-order valence-electron chi connectivity index (χ3n) is 3.91. The molecule has 128 valence electrons. The average Bonchev–Trinajstić information content (AvgIpc) is 2.79. The van der Waals surface area contributed by atoms with E-state index in [0.717, 1.165) is 38.1 Å². The van der Waals surface area contributed by atoms with Crippen molar-refractivity contribution >= 4 is 5.91 Å². The van der Waals surface area contributed by atoms with E-state index in [9.17, 15) is 13.6 Å². The topological polar surface area (TPSA) is 69.0 Å². The van der Waals surface area contributed by atoms with Gasteiger partial charge in [0.15, 0.2) is 5.82 Å². The first-order chi connectivity index (χ1) is 11.6. The number of carbonyl (C=O) groups excluding carboxylic acids is 1. The fraction of sp³-hybridized carbons (Fsp3) is 0.438. The monoisotopic (exact) mass is 336 g/mol. The van der Waals surface area contributed by atoms with Gasteiger partial charge in [-0.2, -0.15) is 8.78 Å². The molecule has 0 saturated heterocycles. The molecule has 1 amide bonds. The van der Waals surface area contributed by atoms with E-state index in [2.05, 4.69) is 20.3 Å². The maximum Gasteiger partial charge on any atom is 0.387 e. The quantitative estimate of drug-likeness (QED) is 0.911. The van der Waals surface area contributed by atoms with E-state index in [4.69, 9.17) is 0 Å². The zero-order chi connectivity index (χ0) is 16.9. The van der Waals surface area contributed by atoms with Crippen molar-refractivity contribution in [1.29, 1.82) is 0 Å². The van der Waals surface area contributed by atoms with Crippen LogP contribution in [-0.4, -0.2) is 27.3 Å². The second kappa shape index (κ2) is 7.37. The SMILES string of the molecule is O=C(NCc1nnc2n1CCCCC2)c1cccc(OC(F)F)c1.